The molecule has 0 bridgehead atoms. The molecule has 0 fully saturated rings. The maximum atomic E-state index is 11.4. The second-order valence-corrected chi connectivity index (χ2v) is 5.18. The summed E-state index contributed by atoms with van der Waals surface area (Å²) in [5, 5.41) is 36.1. The first-order valence-electron chi connectivity index (χ1n) is 5.94. The summed E-state index contributed by atoms with van der Waals surface area (Å²) >= 11 is 3.29. The zero-order chi connectivity index (χ0) is 15.6. The van der Waals surface area contributed by atoms with Crippen LogP contribution < -0.4 is 5.73 Å². The molecule has 0 aliphatic carbocycles. The Kier molecular flexibility index (Phi) is 4.68. The number of rotatable bonds is 5. The normalized spacial score (nSPS) is 13.9. The van der Waals surface area contributed by atoms with E-state index in [0.717, 1.165) is 9.27 Å². The van der Waals surface area contributed by atoms with E-state index in [2.05, 4.69) is 26.1 Å². The minimum atomic E-state index is -1.57. The quantitative estimate of drug-likeness (QED) is 0.571. The lowest BCUT2D eigenvalue weighted by Gasteiger charge is -2.13. The van der Waals surface area contributed by atoms with Gasteiger partial charge in [-0.15, -0.1) is 10.2 Å². The van der Waals surface area contributed by atoms with Crippen molar-refractivity contribution in [2.75, 3.05) is 6.61 Å². The van der Waals surface area contributed by atoms with Crippen LogP contribution in [-0.2, 0) is 0 Å². The topological polar surface area (TPSA) is 134 Å². The van der Waals surface area contributed by atoms with Crippen LogP contribution in [0.25, 0.3) is 5.69 Å². The predicted molar refractivity (Wildman–Crippen MR) is 75.6 cm³/mol. The Morgan fingerprint density at radius 2 is 2.10 bits per heavy atom. The summed E-state index contributed by atoms with van der Waals surface area (Å²) in [5.74, 6) is -0.893. The fourth-order valence-corrected chi connectivity index (χ4v) is 2.08. The molecule has 1 amide bonds. The van der Waals surface area contributed by atoms with Gasteiger partial charge in [0.1, 0.15) is 17.9 Å². The third kappa shape index (κ3) is 3.27. The van der Waals surface area contributed by atoms with E-state index in [1.807, 2.05) is 0 Å². The lowest BCUT2D eigenvalue weighted by Crippen LogP contribution is -2.25. The van der Waals surface area contributed by atoms with Crippen molar-refractivity contribution in [1.29, 1.82) is 0 Å². The van der Waals surface area contributed by atoms with Crippen molar-refractivity contribution in [2.45, 2.75) is 12.2 Å². The number of carbonyl (C=O) groups excluding carboxylic acids is 1. The van der Waals surface area contributed by atoms with Crippen LogP contribution in [-0.4, -0.2) is 48.9 Å². The van der Waals surface area contributed by atoms with Crippen molar-refractivity contribution in [3.63, 3.8) is 0 Å². The number of carbonyl (C=O) groups is 1. The summed E-state index contributed by atoms with van der Waals surface area (Å²) < 4.78 is 0.774. The minimum Gasteiger partial charge on any atom is -0.394 e. The Morgan fingerprint density at radius 1 is 1.38 bits per heavy atom. The van der Waals surface area contributed by atoms with Gasteiger partial charge < -0.3 is 21.1 Å². The van der Waals surface area contributed by atoms with Crippen LogP contribution in [0.3, 0.4) is 0 Å². The van der Waals surface area contributed by atoms with E-state index in [1.54, 1.807) is 24.3 Å². The highest BCUT2D eigenvalue weighted by molar-refractivity contribution is 9.10. The molecular formula is C12H13BrN4O4. The molecular weight excluding hydrogens is 344 g/mol. The lowest BCUT2D eigenvalue weighted by molar-refractivity contribution is -0.0177. The van der Waals surface area contributed by atoms with Crippen LogP contribution in [0.2, 0.25) is 0 Å². The Morgan fingerprint density at radius 3 is 2.67 bits per heavy atom. The summed E-state index contributed by atoms with van der Waals surface area (Å²) in [7, 11) is 0. The van der Waals surface area contributed by atoms with Crippen molar-refractivity contribution < 1.29 is 20.1 Å². The molecule has 2 atom stereocenters. The van der Waals surface area contributed by atoms with Crippen molar-refractivity contribution in [1.82, 2.24) is 15.0 Å². The highest BCUT2D eigenvalue weighted by Crippen LogP contribution is 2.20. The molecule has 2 rings (SSSR count). The summed E-state index contributed by atoms with van der Waals surface area (Å²) in [6.07, 6.45) is -3.06. The Balaban J connectivity index is 2.49. The molecule has 1 aromatic heterocycles. The van der Waals surface area contributed by atoms with E-state index in [4.69, 9.17) is 10.8 Å². The fraction of sp³-hybridized carbons (Fsp3) is 0.250. The van der Waals surface area contributed by atoms with Gasteiger partial charge in [-0.25, -0.2) is 0 Å². The van der Waals surface area contributed by atoms with Gasteiger partial charge in [0, 0.05) is 4.47 Å². The van der Waals surface area contributed by atoms with Crippen LogP contribution in [0.4, 0.5) is 0 Å². The van der Waals surface area contributed by atoms with Crippen LogP contribution in [0.5, 0.6) is 0 Å². The van der Waals surface area contributed by atoms with Gasteiger partial charge in [0.15, 0.2) is 5.69 Å². The number of aliphatic hydroxyl groups is 3. The summed E-state index contributed by atoms with van der Waals surface area (Å²) in [4.78, 5) is 12.5. The van der Waals surface area contributed by atoms with Gasteiger partial charge in [0.05, 0.1) is 12.3 Å². The zero-order valence-corrected chi connectivity index (χ0v) is 12.3. The van der Waals surface area contributed by atoms with Gasteiger partial charge in [0.2, 0.25) is 0 Å². The van der Waals surface area contributed by atoms with E-state index in [0.29, 0.717) is 5.69 Å². The monoisotopic (exact) mass is 356 g/mol. The van der Waals surface area contributed by atoms with E-state index >= 15 is 0 Å². The van der Waals surface area contributed by atoms with Crippen LogP contribution >= 0.6 is 15.9 Å². The first-order valence-corrected chi connectivity index (χ1v) is 6.73. The number of amides is 1. The highest BCUT2D eigenvalue weighted by atomic mass is 79.9. The Bertz CT molecular complexity index is 660. The molecule has 0 radical (unpaired) electrons. The van der Waals surface area contributed by atoms with Gasteiger partial charge in [-0.2, -0.15) is 4.80 Å². The SMILES string of the molecule is NC(=O)c1nn(-c2cccc(Br)c2)nc1[C@H](O)[C@@H](O)CO. The Hall–Kier alpha value is -1.81. The lowest BCUT2D eigenvalue weighted by atomic mass is 10.1. The second kappa shape index (κ2) is 6.31. The minimum absolute atomic E-state index is 0.191. The number of aromatic nitrogens is 3. The average Bonchev–Trinajstić information content (AvgIpc) is 2.91. The fourth-order valence-electron chi connectivity index (χ4n) is 1.69. The number of benzene rings is 1. The van der Waals surface area contributed by atoms with E-state index in [9.17, 15) is 15.0 Å². The molecule has 0 unspecified atom stereocenters. The van der Waals surface area contributed by atoms with Crippen molar-refractivity contribution in [3.8, 4) is 5.69 Å². The van der Waals surface area contributed by atoms with Crippen LogP contribution in [0.1, 0.15) is 22.3 Å². The number of nitrogens with two attached hydrogens (primary N) is 1. The molecule has 5 N–H and O–H groups in total. The highest BCUT2D eigenvalue weighted by Gasteiger charge is 2.28. The van der Waals surface area contributed by atoms with Gasteiger partial charge >= 0.3 is 0 Å². The van der Waals surface area contributed by atoms with Crippen molar-refractivity contribution >= 4 is 21.8 Å². The van der Waals surface area contributed by atoms with Crippen molar-refractivity contribution in [3.05, 3.63) is 40.1 Å². The standard InChI is InChI=1S/C12H13BrN4O4/c13-6-2-1-3-7(4-6)17-15-9(10(16-17)12(14)21)11(20)8(19)5-18/h1-4,8,11,18-20H,5H2,(H2,14,21)/t8-,11+/m0/s1. The van der Waals surface area contributed by atoms with Gasteiger partial charge in [-0.05, 0) is 18.2 Å². The molecule has 2 aromatic rings. The van der Waals surface area contributed by atoms with E-state index in [-0.39, 0.29) is 11.4 Å². The van der Waals surface area contributed by atoms with Gasteiger partial charge in [-0.1, -0.05) is 22.0 Å². The maximum Gasteiger partial charge on any atom is 0.271 e. The second-order valence-electron chi connectivity index (χ2n) is 4.26. The van der Waals surface area contributed by atoms with Crippen LogP contribution in [0.15, 0.2) is 28.7 Å². The Labute approximate surface area is 127 Å². The summed E-state index contributed by atoms with van der Waals surface area (Å²) in [5.41, 5.74) is 5.27. The van der Waals surface area contributed by atoms with E-state index < -0.39 is 24.7 Å². The molecule has 112 valence electrons. The maximum absolute atomic E-state index is 11.4. The van der Waals surface area contributed by atoms with Gasteiger partial charge in [-0.3, -0.25) is 4.79 Å². The number of hydrogen-bond donors (Lipinski definition) is 4. The van der Waals surface area contributed by atoms with Gasteiger partial charge in [0.25, 0.3) is 5.91 Å². The molecule has 0 aliphatic heterocycles. The number of hydrogen-bond acceptors (Lipinski definition) is 6. The number of nitrogens with zero attached hydrogens (tertiary/aromatic N) is 3. The smallest absolute Gasteiger partial charge is 0.271 e. The molecule has 0 saturated carbocycles. The molecule has 1 heterocycles. The number of halogens is 1. The molecule has 1 aromatic carbocycles. The molecule has 21 heavy (non-hydrogen) atoms. The number of primary amides is 1. The summed E-state index contributed by atoms with van der Waals surface area (Å²) in [6.45, 7) is -0.691. The molecule has 9 heteroatoms. The third-order valence-corrected chi connectivity index (χ3v) is 3.24. The van der Waals surface area contributed by atoms with Crippen LogP contribution in [0, 0.1) is 0 Å². The molecule has 0 saturated heterocycles. The first kappa shape index (κ1) is 15.6. The first-order chi connectivity index (χ1) is 9.93. The molecule has 8 nitrogen and oxygen atoms in total. The molecule has 0 spiro atoms. The summed E-state index contributed by atoms with van der Waals surface area (Å²) in [6, 6.07) is 6.93. The predicted octanol–water partition coefficient (Wildman–Crippen LogP) is -0.485. The van der Waals surface area contributed by atoms with E-state index in [1.165, 1.54) is 0 Å². The zero-order valence-electron chi connectivity index (χ0n) is 10.7. The average molecular weight is 357 g/mol. The third-order valence-electron chi connectivity index (χ3n) is 2.74. The number of aliphatic hydroxyl groups excluding tert-OH is 3. The van der Waals surface area contributed by atoms with Crippen molar-refractivity contribution in [2.24, 2.45) is 5.73 Å². The molecule has 0 aliphatic rings. The largest absolute Gasteiger partial charge is 0.394 e.